The monoisotopic (exact) mass is 287 g/mol. The molecule has 0 saturated heterocycles. The molecule has 0 unspecified atom stereocenters. The van der Waals surface area contributed by atoms with E-state index in [4.69, 9.17) is 10.2 Å². The van der Waals surface area contributed by atoms with Gasteiger partial charge in [0.1, 0.15) is 0 Å². The molecule has 0 spiro atoms. The predicted molar refractivity (Wildman–Crippen MR) is 64.3 cm³/mol. The summed E-state index contributed by atoms with van der Waals surface area (Å²) in [5, 5.41) is 20.3. The van der Waals surface area contributed by atoms with Crippen molar-refractivity contribution in [1.29, 1.82) is 0 Å². The lowest BCUT2D eigenvalue weighted by Gasteiger charge is -2.14. The van der Waals surface area contributed by atoms with Crippen LogP contribution in [0.3, 0.4) is 0 Å². The highest BCUT2D eigenvalue weighted by atomic mass is 79.9. The Kier molecular flexibility index (Phi) is 4.92. The van der Waals surface area contributed by atoms with Gasteiger partial charge < -0.3 is 15.5 Å². The number of nitrogens with one attached hydrogen (secondary N) is 1. The summed E-state index contributed by atoms with van der Waals surface area (Å²) in [6.45, 7) is 1.26. The first-order valence-corrected chi connectivity index (χ1v) is 5.66. The molecule has 88 valence electrons. The van der Waals surface area contributed by atoms with Crippen LogP contribution in [0.15, 0.2) is 22.7 Å². The SMILES string of the molecule is Cc1ccc(Br)cc1C(=O)NC(CO)CO. The van der Waals surface area contributed by atoms with Crippen LogP contribution in [0.1, 0.15) is 15.9 Å². The summed E-state index contributed by atoms with van der Waals surface area (Å²) in [5.41, 5.74) is 1.37. The third-order valence-electron chi connectivity index (χ3n) is 2.22. The Morgan fingerprint density at radius 3 is 2.62 bits per heavy atom. The molecule has 1 rings (SSSR count). The molecule has 0 aromatic heterocycles. The molecule has 0 aliphatic rings. The topological polar surface area (TPSA) is 69.6 Å². The molecule has 0 bridgehead atoms. The molecule has 0 heterocycles. The van der Waals surface area contributed by atoms with Gasteiger partial charge in [0.2, 0.25) is 0 Å². The Hall–Kier alpha value is -0.910. The number of halogens is 1. The van der Waals surface area contributed by atoms with Gasteiger partial charge in [-0.3, -0.25) is 4.79 Å². The summed E-state index contributed by atoms with van der Waals surface area (Å²) in [4.78, 5) is 11.8. The van der Waals surface area contributed by atoms with Gasteiger partial charge in [-0.2, -0.15) is 0 Å². The number of carbonyl (C=O) groups excluding carboxylic acids is 1. The highest BCUT2D eigenvalue weighted by molar-refractivity contribution is 9.10. The van der Waals surface area contributed by atoms with E-state index in [1.807, 2.05) is 19.1 Å². The molecule has 3 N–H and O–H groups in total. The first-order valence-electron chi connectivity index (χ1n) is 4.87. The van der Waals surface area contributed by atoms with Crippen LogP contribution in [0.5, 0.6) is 0 Å². The average molecular weight is 288 g/mol. The van der Waals surface area contributed by atoms with Crippen LogP contribution < -0.4 is 5.32 Å². The number of hydrogen-bond donors (Lipinski definition) is 3. The lowest BCUT2D eigenvalue weighted by atomic mass is 10.1. The number of aliphatic hydroxyl groups excluding tert-OH is 2. The van der Waals surface area contributed by atoms with Gasteiger partial charge in [-0.15, -0.1) is 0 Å². The van der Waals surface area contributed by atoms with Crippen molar-refractivity contribution in [3.8, 4) is 0 Å². The van der Waals surface area contributed by atoms with Gasteiger partial charge in [0.15, 0.2) is 0 Å². The Labute approximate surface area is 102 Å². The van der Waals surface area contributed by atoms with E-state index in [1.54, 1.807) is 6.07 Å². The lowest BCUT2D eigenvalue weighted by Crippen LogP contribution is -2.40. The van der Waals surface area contributed by atoms with Crippen molar-refractivity contribution in [1.82, 2.24) is 5.32 Å². The third kappa shape index (κ3) is 3.30. The van der Waals surface area contributed by atoms with Crippen molar-refractivity contribution in [3.05, 3.63) is 33.8 Å². The molecule has 0 fully saturated rings. The van der Waals surface area contributed by atoms with E-state index in [1.165, 1.54) is 0 Å². The number of aryl methyl sites for hydroxylation is 1. The van der Waals surface area contributed by atoms with E-state index >= 15 is 0 Å². The molecule has 0 aliphatic heterocycles. The fourth-order valence-corrected chi connectivity index (χ4v) is 1.61. The largest absolute Gasteiger partial charge is 0.394 e. The Morgan fingerprint density at radius 1 is 1.44 bits per heavy atom. The molecule has 5 heteroatoms. The molecule has 1 amide bonds. The molecule has 0 radical (unpaired) electrons. The number of rotatable bonds is 4. The summed E-state index contributed by atoms with van der Waals surface area (Å²) in [7, 11) is 0. The molecular formula is C11H14BrNO3. The van der Waals surface area contributed by atoms with Gasteiger partial charge >= 0.3 is 0 Å². The summed E-state index contributed by atoms with van der Waals surface area (Å²) in [5.74, 6) is -0.299. The van der Waals surface area contributed by atoms with Gasteiger partial charge in [0.25, 0.3) is 5.91 Å². The van der Waals surface area contributed by atoms with Crippen molar-refractivity contribution in [3.63, 3.8) is 0 Å². The highest BCUT2D eigenvalue weighted by Gasteiger charge is 2.13. The molecular weight excluding hydrogens is 274 g/mol. The number of carbonyl (C=O) groups is 1. The van der Waals surface area contributed by atoms with Crippen LogP contribution in [-0.4, -0.2) is 35.4 Å². The van der Waals surface area contributed by atoms with E-state index in [2.05, 4.69) is 21.2 Å². The van der Waals surface area contributed by atoms with Crippen LogP contribution in [0.2, 0.25) is 0 Å². The lowest BCUT2D eigenvalue weighted by molar-refractivity contribution is 0.0878. The summed E-state index contributed by atoms with van der Waals surface area (Å²) in [6.07, 6.45) is 0. The number of benzene rings is 1. The minimum Gasteiger partial charge on any atom is -0.394 e. The van der Waals surface area contributed by atoms with Crippen molar-refractivity contribution >= 4 is 21.8 Å². The van der Waals surface area contributed by atoms with Crippen LogP contribution in [0.4, 0.5) is 0 Å². The number of hydrogen-bond acceptors (Lipinski definition) is 3. The van der Waals surface area contributed by atoms with Crippen molar-refractivity contribution in [2.45, 2.75) is 13.0 Å². The van der Waals surface area contributed by atoms with E-state index < -0.39 is 6.04 Å². The van der Waals surface area contributed by atoms with Crippen LogP contribution in [0.25, 0.3) is 0 Å². The maximum atomic E-state index is 11.8. The third-order valence-corrected chi connectivity index (χ3v) is 2.71. The molecule has 16 heavy (non-hydrogen) atoms. The summed E-state index contributed by atoms with van der Waals surface area (Å²) >= 11 is 3.29. The minimum atomic E-state index is -0.620. The highest BCUT2D eigenvalue weighted by Crippen LogP contribution is 2.15. The normalized spacial score (nSPS) is 10.6. The standard InChI is InChI=1S/C11H14BrNO3/c1-7-2-3-8(12)4-10(7)11(16)13-9(5-14)6-15/h2-4,9,14-15H,5-6H2,1H3,(H,13,16). The zero-order valence-corrected chi connectivity index (χ0v) is 10.5. The van der Waals surface area contributed by atoms with E-state index in [9.17, 15) is 4.79 Å². The maximum absolute atomic E-state index is 11.8. The molecule has 4 nitrogen and oxygen atoms in total. The van der Waals surface area contributed by atoms with Crippen molar-refractivity contribution in [2.75, 3.05) is 13.2 Å². The number of amides is 1. The molecule has 0 saturated carbocycles. The van der Waals surface area contributed by atoms with Crippen LogP contribution >= 0.6 is 15.9 Å². The van der Waals surface area contributed by atoms with Gasteiger partial charge in [-0.25, -0.2) is 0 Å². The van der Waals surface area contributed by atoms with Gasteiger partial charge in [0, 0.05) is 10.0 Å². The zero-order chi connectivity index (χ0) is 12.1. The quantitative estimate of drug-likeness (QED) is 0.769. The average Bonchev–Trinajstić information content (AvgIpc) is 2.28. The fourth-order valence-electron chi connectivity index (χ4n) is 1.25. The van der Waals surface area contributed by atoms with Crippen LogP contribution in [-0.2, 0) is 0 Å². The summed E-state index contributed by atoms with van der Waals surface area (Å²) < 4.78 is 0.813. The smallest absolute Gasteiger partial charge is 0.251 e. The van der Waals surface area contributed by atoms with E-state index in [-0.39, 0.29) is 19.1 Å². The minimum absolute atomic E-state index is 0.282. The van der Waals surface area contributed by atoms with Crippen molar-refractivity contribution in [2.24, 2.45) is 0 Å². The molecule has 0 aliphatic carbocycles. The first kappa shape index (κ1) is 13.2. The fraction of sp³-hybridized carbons (Fsp3) is 0.364. The van der Waals surface area contributed by atoms with Gasteiger partial charge in [0.05, 0.1) is 19.3 Å². The predicted octanol–water partition coefficient (Wildman–Crippen LogP) is 0.841. The Balaban J connectivity index is 2.83. The second-order valence-corrected chi connectivity index (χ2v) is 4.41. The first-order chi connectivity index (χ1) is 7.58. The zero-order valence-electron chi connectivity index (χ0n) is 8.90. The maximum Gasteiger partial charge on any atom is 0.251 e. The Bertz CT molecular complexity index is 377. The summed E-state index contributed by atoms with van der Waals surface area (Å²) in [6, 6.07) is 4.76. The molecule has 1 aromatic carbocycles. The molecule has 1 aromatic rings. The molecule has 0 atom stereocenters. The number of aliphatic hydroxyl groups is 2. The van der Waals surface area contributed by atoms with E-state index in [0.717, 1.165) is 10.0 Å². The van der Waals surface area contributed by atoms with Gasteiger partial charge in [-0.05, 0) is 24.6 Å². The second-order valence-electron chi connectivity index (χ2n) is 3.49. The van der Waals surface area contributed by atoms with E-state index in [0.29, 0.717) is 5.56 Å². The Morgan fingerprint density at radius 2 is 2.06 bits per heavy atom. The van der Waals surface area contributed by atoms with Gasteiger partial charge in [-0.1, -0.05) is 22.0 Å². The van der Waals surface area contributed by atoms with Crippen molar-refractivity contribution < 1.29 is 15.0 Å². The van der Waals surface area contributed by atoms with Crippen LogP contribution in [0, 0.1) is 6.92 Å². The second kappa shape index (κ2) is 5.98.